The number of aromatic nitrogens is 3. The number of piperazine rings is 1. The Morgan fingerprint density at radius 3 is 2.25 bits per heavy atom. The molecule has 4 aliphatic carbocycles. The van der Waals surface area contributed by atoms with E-state index < -0.39 is 0 Å². The average Bonchev–Trinajstić information content (AvgIpc) is 3.04. The second-order valence-electron chi connectivity index (χ2n) is 8.23. The molecule has 4 bridgehead atoms. The highest BCUT2D eigenvalue weighted by Gasteiger charge is 2.52. The second-order valence-corrected chi connectivity index (χ2v) is 8.23. The zero-order chi connectivity index (χ0) is 15.4. The summed E-state index contributed by atoms with van der Waals surface area (Å²) in [6.07, 6.45) is 9.91. The first-order valence-electron chi connectivity index (χ1n) is 9.15. The minimum atomic E-state index is 0. The number of carbonyl (C=O) groups is 1. The Bertz CT molecular complexity index is 589. The highest BCUT2D eigenvalue weighted by Crippen LogP contribution is 2.58. The fourth-order valence-corrected chi connectivity index (χ4v) is 5.97. The largest absolute Gasteiger partial charge is 0.335 e. The molecule has 0 aromatic carbocycles. The minimum Gasteiger partial charge on any atom is -0.335 e. The first-order valence-corrected chi connectivity index (χ1v) is 9.15. The van der Waals surface area contributed by atoms with E-state index in [0.717, 1.165) is 43.9 Å². The molecule has 5 aliphatic rings. The maximum absolute atomic E-state index is 12.6. The van der Waals surface area contributed by atoms with Gasteiger partial charge in [-0.1, -0.05) is 5.21 Å². The highest BCUT2D eigenvalue weighted by atomic mass is 35.5. The van der Waals surface area contributed by atoms with Crippen molar-refractivity contribution in [3.05, 3.63) is 11.9 Å². The molecule has 0 unspecified atom stereocenters. The van der Waals surface area contributed by atoms with Crippen molar-refractivity contribution >= 4 is 18.3 Å². The SMILES string of the molecule is Cl.O=C(c1cn(C23CC4CC(CC(C4)C2)C3)nn1)N1CCNCC1. The summed E-state index contributed by atoms with van der Waals surface area (Å²) in [4.78, 5) is 14.5. The molecule has 5 fully saturated rings. The summed E-state index contributed by atoms with van der Waals surface area (Å²) in [5, 5.41) is 12.0. The molecule has 0 atom stereocenters. The fraction of sp³-hybridized carbons (Fsp3) is 0.824. The van der Waals surface area contributed by atoms with E-state index in [1.165, 1.54) is 38.5 Å². The van der Waals surface area contributed by atoms with E-state index in [4.69, 9.17) is 0 Å². The first-order chi connectivity index (χ1) is 11.2. The fourth-order valence-electron chi connectivity index (χ4n) is 5.97. The van der Waals surface area contributed by atoms with E-state index in [1.807, 2.05) is 11.1 Å². The summed E-state index contributed by atoms with van der Waals surface area (Å²) in [5.41, 5.74) is 0.687. The first kappa shape index (κ1) is 16.3. The highest BCUT2D eigenvalue weighted by molar-refractivity contribution is 5.92. The molecule has 6 nitrogen and oxygen atoms in total. The van der Waals surface area contributed by atoms with Crippen LogP contribution in [0.15, 0.2) is 6.20 Å². The number of nitrogens with zero attached hydrogens (tertiary/aromatic N) is 4. The van der Waals surface area contributed by atoms with Crippen molar-refractivity contribution in [1.82, 2.24) is 25.2 Å². The van der Waals surface area contributed by atoms with Gasteiger partial charge in [0.15, 0.2) is 5.69 Å². The number of hydrogen-bond acceptors (Lipinski definition) is 4. The van der Waals surface area contributed by atoms with Crippen LogP contribution < -0.4 is 5.32 Å². The van der Waals surface area contributed by atoms with Crippen LogP contribution in [-0.4, -0.2) is 52.0 Å². The van der Waals surface area contributed by atoms with Crippen LogP contribution in [0.1, 0.15) is 49.0 Å². The number of halogens is 1. The van der Waals surface area contributed by atoms with Crippen LogP contribution in [0.5, 0.6) is 0 Å². The molecule has 1 amide bonds. The van der Waals surface area contributed by atoms with Crippen LogP contribution in [-0.2, 0) is 5.54 Å². The van der Waals surface area contributed by atoms with E-state index in [9.17, 15) is 4.79 Å². The maximum Gasteiger partial charge on any atom is 0.276 e. The molecular weight excluding hydrogens is 326 g/mol. The third-order valence-electron chi connectivity index (χ3n) is 6.61. The molecular formula is C17H26ClN5O. The molecule has 1 aromatic heterocycles. The molecule has 7 heteroatoms. The van der Waals surface area contributed by atoms with Crippen molar-refractivity contribution in [3.8, 4) is 0 Å². The lowest BCUT2D eigenvalue weighted by Crippen LogP contribution is -2.52. The number of nitrogens with one attached hydrogen (secondary N) is 1. The third-order valence-corrected chi connectivity index (χ3v) is 6.61. The topological polar surface area (TPSA) is 63.1 Å². The van der Waals surface area contributed by atoms with Crippen molar-refractivity contribution < 1.29 is 4.79 Å². The number of rotatable bonds is 2. The summed E-state index contributed by atoms with van der Waals surface area (Å²) in [5.74, 6) is 2.66. The number of hydrogen-bond donors (Lipinski definition) is 1. The van der Waals surface area contributed by atoms with Gasteiger partial charge in [0.2, 0.25) is 0 Å². The molecule has 6 rings (SSSR count). The Labute approximate surface area is 148 Å². The molecule has 1 N–H and O–H groups in total. The summed E-state index contributed by atoms with van der Waals surface area (Å²) in [7, 11) is 0. The van der Waals surface area contributed by atoms with Crippen molar-refractivity contribution in [3.63, 3.8) is 0 Å². The lowest BCUT2D eigenvalue weighted by molar-refractivity contribution is -0.0502. The van der Waals surface area contributed by atoms with E-state index in [2.05, 4.69) is 20.3 Å². The molecule has 1 saturated heterocycles. The van der Waals surface area contributed by atoms with Gasteiger partial charge in [0.25, 0.3) is 5.91 Å². The average molecular weight is 352 g/mol. The van der Waals surface area contributed by atoms with Gasteiger partial charge in [0.1, 0.15) is 0 Å². The predicted molar refractivity (Wildman–Crippen MR) is 92.2 cm³/mol. The van der Waals surface area contributed by atoms with Crippen molar-refractivity contribution in [1.29, 1.82) is 0 Å². The van der Waals surface area contributed by atoms with Gasteiger partial charge in [0, 0.05) is 26.2 Å². The van der Waals surface area contributed by atoms with E-state index in [0.29, 0.717) is 5.69 Å². The van der Waals surface area contributed by atoms with Gasteiger partial charge in [-0.05, 0) is 56.3 Å². The molecule has 132 valence electrons. The van der Waals surface area contributed by atoms with Gasteiger partial charge < -0.3 is 10.2 Å². The van der Waals surface area contributed by atoms with E-state index in [1.54, 1.807) is 0 Å². The molecule has 1 aromatic rings. The van der Waals surface area contributed by atoms with Gasteiger partial charge in [0.05, 0.1) is 11.7 Å². The van der Waals surface area contributed by atoms with Crippen molar-refractivity contribution in [2.45, 2.75) is 44.1 Å². The van der Waals surface area contributed by atoms with Crippen LogP contribution in [0, 0.1) is 17.8 Å². The van der Waals surface area contributed by atoms with E-state index in [-0.39, 0.29) is 23.9 Å². The quantitative estimate of drug-likeness (QED) is 0.880. The Balaban J connectivity index is 0.00000146. The van der Waals surface area contributed by atoms with Gasteiger partial charge in [-0.25, -0.2) is 4.68 Å². The summed E-state index contributed by atoms with van der Waals surface area (Å²) in [6.45, 7) is 3.27. The molecule has 0 spiro atoms. The monoisotopic (exact) mass is 351 g/mol. The zero-order valence-electron chi connectivity index (χ0n) is 14.0. The van der Waals surface area contributed by atoms with Gasteiger partial charge in [-0.2, -0.15) is 0 Å². The van der Waals surface area contributed by atoms with Crippen molar-refractivity contribution in [2.24, 2.45) is 17.8 Å². The second kappa shape index (κ2) is 5.99. The summed E-state index contributed by atoms with van der Waals surface area (Å²) < 4.78 is 2.08. The van der Waals surface area contributed by atoms with Crippen LogP contribution in [0.3, 0.4) is 0 Å². The van der Waals surface area contributed by atoms with Crippen LogP contribution in [0.25, 0.3) is 0 Å². The number of amides is 1. The minimum absolute atomic E-state index is 0. The summed E-state index contributed by atoms with van der Waals surface area (Å²) >= 11 is 0. The Kier molecular flexibility index (Phi) is 4.07. The lowest BCUT2D eigenvalue weighted by atomic mass is 9.53. The Morgan fingerprint density at radius 1 is 1.08 bits per heavy atom. The molecule has 4 saturated carbocycles. The van der Waals surface area contributed by atoms with Crippen molar-refractivity contribution in [2.75, 3.05) is 26.2 Å². The van der Waals surface area contributed by atoms with Gasteiger partial charge >= 0.3 is 0 Å². The molecule has 0 radical (unpaired) electrons. The number of carbonyl (C=O) groups excluding carboxylic acids is 1. The zero-order valence-corrected chi connectivity index (χ0v) is 14.8. The van der Waals surface area contributed by atoms with Gasteiger partial charge in [-0.15, -0.1) is 17.5 Å². The predicted octanol–water partition coefficient (Wildman–Crippen LogP) is 1.67. The molecule has 24 heavy (non-hydrogen) atoms. The molecule has 1 aliphatic heterocycles. The van der Waals surface area contributed by atoms with Crippen LogP contribution >= 0.6 is 12.4 Å². The normalized spacial score (nSPS) is 37.3. The lowest BCUT2D eigenvalue weighted by Gasteiger charge is -2.56. The Morgan fingerprint density at radius 2 is 1.67 bits per heavy atom. The standard InChI is InChI=1S/C17H25N5O.ClH/c23-16(21-3-1-18-2-4-21)15-11-22(20-19-15)17-8-12-5-13(9-17)7-14(6-12)10-17;/h11-14,18H,1-10H2;1H. The van der Waals surface area contributed by atoms with Crippen LogP contribution in [0.2, 0.25) is 0 Å². The smallest absolute Gasteiger partial charge is 0.276 e. The van der Waals surface area contributed by atoms with Gasteiger partial charge in [-0.3, -0.25) is 4.79 Å². The third kappa shape index (κ3) is 2.54. The van der Waals surface area contributed by atoms with E-state index >= 15 is 0 Å². The maximum atomic E-state index is 12.6. The molecule has 2 heterocycles. The van der Waals surface area contributed by atoms with Crippen LogP contribution in [0.4, 0.5) is 0 Å². The summed E-state index contributed by atoms with van der Waals surface area (Å²) in [6, 6.07) is 0. The Hall–Kier alpha value is -1.14.